The fourth-order valence-electron chi connectivity index (χ4n) is 4.33. The number of hydrogen-bond acceptors (Lipinski definition) is 4. The van der Waals surface area contributed by atoms with E-state index in [9.17, 15) is 4.79 Å². The van der Waals surface area contributed by atoms with Crippen LogP contribution in [0.1, 0.15) is 41.4 Å². The van der Waals surface area contributed by atoms with Gasteiger partial charge >= 0.3 is 0 Å². The van der Waals surface area contributed by atoms with Gasteiger partial charge in [0, 0.05) is 51.2 Å². The third-order valence-electron chi connectivity index (χ3n) is 6.06. The molecule has 6 heteroatoms. The second-order valence-electron chi connectivity index (χ2n) is 7.96. The summed E-state index contributed by atoms with van der Waals surface area (Å²) in [6.07, 6.45) is 3.45. The largest absolute Gasteiger partial charge is 0.336 e. The quantitative estimate of drug-likeness (QED) is 0.899. The van der Waals surface area contributed by atoms with Crippen molar-refractivity contribution in [2.75, 3.05) is 39.3 Å². The summed E-state index contributed by atoms with van der Waals surface area (Å²) < 4.78 is 1.86. The number of likely N-dealkylation sites (tertiary alicyclic amines) is 1. The molecule has 3 fully saturated rings. The van der Waals surface area contributed by atoms with Crippen LogP contribution < -0.4 is 5.32 Å². The molecule has 0 radical (unpaired) electrons. The molecule has 1 atom stereocenters. The first-order valence-electron chi connectivity index (χ1n) is 10.2. The van der Waals surface area contributed by atoms with Gasteiger partial charge in [0.25, 0.3) is 5.91 Å². The number of rotatable bonds is 4. The summed E-state index contributed by atoms with van der Waals surface area (Å²) in [5.41, 5.74) is 2.75. The number of nitrogens with zero attached hydrogens (tertiary/aromatic N) is 4. The molecule has 0 bridgehead atoms. The van der Waals surface area contributed by atoms with Crippen LogP contribution in [0.5, 0.6) is 0 Å². The van der Waals surface area contributed by atoms with Crippen molar-refractivity contribution in [3.8, 4) is 5.69 Å². The van der Waals surface area contributed by atoms with Crippen molar-refractivity contribution in [2.45, 2.75) is 31.2 Å². The van der Waals surface area contributed by atoms with Gasteiger partial charge in [-0.1, -0.05) is 18.2 Å². The molecule has 1 aromatic carbocycles. The second kappa shape index (κ2) is 7.09. The molecule has 3 aliphatic rings. The molecule has 2 aliphatic heterocycles. The Hall–Kier alpha value is -2.18. The summed E-state index contributed by atoms with van der Waals surface area (Å²) >= 11 is 0. The number of carbonyl (C=O) groups is 1. The van der Waals surface area contributed by atoms with Gasteiger partial charge in [0.15, 0.2) is 0 Å². The van der Waals surface area contributed by atoms with Gasteiger partial charge in [-0.2, -0.15) is 5.10 Å². The van der Waals surface area contributed by atoms with Crippen LogP contribution in [0.25, 0.3) is 5.69 Å². The van der Waals surface area contributed by atoms with E-state index in [4.69, 9.17) is 5.10 Å². The minimum absolute atomic E-state index is 0.121. The van der Waals surface area contributed by atoms with Crippen LogP contribution in [0.15, 0.2) is 36.4 Å². The maximum Gasteiger partial charge on any atom is 0.272 e. The molecule has 1 saturated carbocycles. The van der Waals surface area contributed by atoms with E-state index in [0.29, 0.717) is 17.7 Å². The van der Waals surface area contributed by atoms with E-state index < -0.39 is 0 Å². The minimum atomic E-state index is 0.121. The first-order chi connectivity index (χ1) is 13.3. The zero-order valence-electron chi connectivity index (χ0n) is 15.7. The number of carbonyl (C=O) groups excluding carboxylic acids is 1. The number of amides is 1. The summed E-state index contributed by atoms with van der Waals surface area (Å²) in [4.78, 5) is 17.9. The lowest BCUT2D eigenvalue weighted by atomic mass is 10.2. The molecule has 5 rings (SSSR count). The first-order valence-corrected chi connectivity index (χ1v) is 10.2. The minimum Gasteiger partial charge on any atom is -0.336 e. The highest BCUT2D eigenvalue weighted by molar-refractivity contribution is 5.93. The number of nitrogens with one attached hydrogen (secondary N) is 1. The van der Waals surface area contributed by atoms with Crippen LogP contribution in [0.2, 0.25) is 0 Å². The highest BCUT2D eigenvalue weighted by atomic mass is 16.2. The second-order valence-corrected chi connectivity index (χ2v) is 7.96. The van der Waals surface area contributed by atoms with E-state index in [0.717, 1.165) is 57.1 Å². The van der Waals surface area contributed by atoms with E-state index in [1.807, 2.05) is 46.0 Å². The summed E-state index contributed by atoms with van der Waals surface area (Å²) in [7, 11) is 0. The standard InChI is InChI=1S/C21H27N5O/c27-21(25-11-8-18(15-25)24-12-9-22-10-13-24)20-14-19(16-6-7-16)23-26(20)17-4-2-1-3-5-17/h1-5,14,16,18,22H,6-13,15H2. The Bertz CT molecular complexity index is 807. The number of hydrogen-bond donors (Lipinski definition) is 1. The van der Waals surface area contributed by atoms with E-state index in [-0.39, 0.29) is 5.91 Å². The van der Waals surface area contributed by atoms with Crippen LogP contribution >= 0.6 is 0 Å². The van der Waals surface area contributed by atoms with Crippen LogP contribution in [-0.4, -0.2) is 70.8 Å². The van der Waals surface area contributed by atoms with Crippen molar-refractivity contribution in [2.24, 2.45) is 0 Å². The topological polar surface area (TPSA) is 53.4 Å². The molecule has 0 spiro atoms. The monoisotopic (exact) mass is 365 g/mol. The molecule has 2 aromatic rings. The fourth-order valence-corrected chi connectivity index (χ4v) is 4.33. The van der Waals surface area contributed by atoms with Gasteiger partial charge in [-0.3, -0.25) is 9.69 Å². The van der Waals surface area contributed by atoms with E-state index >= 15 is 0 Å². The average Bonchev–Trinajstić information content (AvgIpc) is 3.29. The van der Waals surface area contributed by atoms with Crippen molar-refractivity contribution in [3.63, 3.8) is 0 Å². The van der Waals surface area contributed by atoms with Crippen LogP contribution in [-0.2, 0) is 0 Å². The highest BCUT2D eigenvalue weighted by Gasteiger charge is 2.34. The van der Waals surface area contributed by atoms with E-state index in [2.05, 4.69) is 10.2 Å². The maximum atomic E-state index is 13.4. The average molecular weight is 365 g/mol. The molecule has 1 N–H and O–H groups in total. The normalized spacial score (nSPS) is 23.7. The fraction of sp³-hybridized carbons (Fsp3) is 0.524. The van der Waals surface area contributed by atoms with Gasteiger partial charge in [-0.25, -0.2) is 4.68 Å². The van der Waals surface area contributed by atoms with E-state index in [1.54, 1.807) is 0 Å². The smallest absolute Gasteiger partial charge is 0.272 e. The Morgan fingerprint density at radius 1 is 1.04 bits per heavy atom. The Morgan fingerprint density at radius 3 is 2.56 bits per heavy atom. The molecule has 1 aliphatic carbocycles. The molecule has 1 amide bonds. The zero-order chi connectivity index (χ0) is 18.2. The third kappa shape index (κ3) is 3.39. The Kier molecular flexibility index (Phi) is 4.45. The van der Waals surface area contributed by atoms with Gasteiger partial charge < -0.3 is 10.2 Å². The molecular formula is C21H27N5O. The molecule has 6 nitrogen and oxygen atoms in total. The van der Waals surface area contributed by atoms with Crippen molar-refractivity contribution in [1.82, 2.24) is 24.9 Å². The lowest BCUT2D eigenvalue weighted by Gasteiger charge is -2.32. The molecule has 142 valence electrons. The lowest BCUT2D eigenvalue weighted by molar-refractivity contribution is 0.0764. The number of benzene rings is 1. The predicted octanol–water partition coefficient (Wildman–Crippen LogP) is 1.87. The third-order valence-corrected chi connectivity index (χ3v) is 6.06. The lowest BCUT2D eigenvalue weighted by Crippen LogP contribution is -2.49. The van der Waals surface area contributed by atoms with Crippen LogP contribution in [0.3, 0.4) is 0 Å². The SMILES string of the molecule is O=C(c1cc(C2CC2)nn1-c1ccccc1)N1CCC(N2CCNCC2)C1. The summed E-state index contributed by atoms with van der Waals surface area (Å²) in [6, 6.07) is 12.6. The van der Waals surface area contributed by atoms with Crippen LogP contribution in [0.4, 0.5) is 0 Å². The first kappa shape index (κ1) is 17.0. The molecule has 1 unspecified atom stereocenters. The summed E-state index contributed by atoms with van der Waals surface area (Å²) in [5.74, 6) is 0.657. The predicted molar refractivity (Wildman–Crippen MR) is 104 cm³/mol. The van der Waals surface area contributed by atoms with Crippen molar-refractivity contribution in [1.29, 1.82) is 0 Å². The highest BCUT2D eigenvalue weighted by Crippen LogP contribution is 2.40. The zero-order valence-corrected chi connectivity index (χ0v) is 15.7. The Labute approximate surface area is 160 Å². The molecule has 3 heterocycles. The van der Waals surface area contributed by atoms with Gasteiger partial charge in [0.2, 0.25) is 0 Å². The molecule has 2 saturated heterocycles. The van der Waals surface area contributed by atoms with Gasteiger partial charge in [-0.15, -0.1) is 0 Å². The summed E-state index contributed by atoms with van der Waals surface area (Å²) in [5, 5.41) is 8.20. The van der Waals surface area contributed by atoms with Gasteiger partial charge in [0.1, 0.15) is 5.69 Å². The maximum absolute atomic E-state index is 13.4. The Balaban J connectivity index is 1.38. The van der Waals surface area contributed by atoms with Gasteiger partial charge in [-0.05, 0) is 37.5 Å². The number of piperazine rings is 1. The number of aromatic nitrogens is 2. The van der Waals surface area contributed by atoms with Gasteiger partial charge in [0.05, 0.1) is 11.4 Å². The molecular weight excluding hydrogens is 338 g/mol. The summed E-state index contributed by atoms with van der Waals surface area (Å²) in [6.45, 7) is 5.94. The molecule has 27 heavy (non-hydrogen) atoms. The Morgan fingerprint density at radius 2 is 1.81 bits per heavy atom. The van der Waals surface area contributed by atoms with Crippen molar-refractivity contribution < 1.29 is 4.79 Å². The van der Waals surface area contributed by atoms with Crippen molar-refractivity contribution in [3.05, 3.63) is 47.8 Å². The van der Waals surface area contributed by atoms with Crippen LogP contribution in [0, 0.1) is 0 Å². The van der Waals surface area contributed by atoms with E-state index in [1.165, 1.54) is 12.8 Å². The van der Waals surface area contributed by atoms with Crippen molar-refractivity contribution >= 4 is 5.91 Å². The molecule has 1 aromatic heterocycles. The number of para-hydroxylation sites is 1.